The minimum absolute atomic E-state index is 0.0831. The second-order valence-electron chi connectivity index (χ2n) is 4.57. The molecule has 1 aromatic heterocycles. The van der Waals surface area contributed by atoms with Crippen LogP contribution in [-0.2, 0) is 16.6 Å². The van der Waals surface area contributed by atoms with Crippen molar-refractivity contribution in [2.75, 3.05) is 38.5 Å². The molecule has 19 heavy (non-hydrogen) atoms. The van der Waals surface area contributed by atoms with Crippen molar-refractivity contribution < 1.29 is 8.42 Å². The molecule has 1 aliphatic rings. The van der Waals surface area contributed by atoms with Gasteiger partial charge in [-0.2, -0.15) is 9.40 Å². The lowest BCUT2D eigenvalue weighted by molar-refractivity contribution is 0.196. The summed E-state index contributed by atoms with van der Waals surface area (Å²) in [6, 6.07) is 0. The van der Waals surface area contributed by atoms with Gasteiger partial charge in [-0.1, -0.05) is 6.92 Å². The van der Waals surface area contributed by atoms with Gasteiger partial charge in [-0.3, -0.25) is 4.68 Å². The topological polar surface area (TPSA) is 84.5 Å². The Hall–Kier alpha value is -1.12. The predicted molar refractivity (Wildman–Crippen MR) is 73.2 cm³/mol. The number of sulfonamides is 1. The first-order chi connectivity index (χ1) is 8.98. The summed E-state index contributed by atoms with van der Waals surface area (Å²) < 4.78 is 28.1. The zero-order valence-corrected chi connectivity index (χ0v) is 12.2. The van der Waals surface area contributed by atoms with E-state index in [9.17, 15) is 8.42 Å². The Morgan fingerprint density at radius 1 is 1.21 bits per heavy atom. The van der Waals surface area contributed by atoms with E-state index in [0.717, 1.165) is 19.6 Å². The molecule has 7 nitrogen and oxygen atoms in total. The Kier molecular flexibility index (Phi) is 4.12. The summed E-state index contributed by atoms with van der Waals surface area (Å²) in [4.78, 5) is 2.35. The second kappa shape index (κ2) is 5.48. The SMILES string of the molecule is CCN1CCN(S(=O)(=O)c2cn(CC)nc2N)CC1. The molecule has 0 spiro atoms. The molecule has 0 atom stereocenters. The molecule has 0 amide bonds. The third-order valence-electron chi connectivity index (χ3n) is 3.48. The van der Waals surface area contributed by atoms with Crippen LogP contribution in [0.5, 0.6) is 0 Å². The number of piperazine rings is 1. The van der Waals surface area contributed by atoms with Crippen molar-refractivity contribution in [1.82, 2.24) is 19.0 Å². The number of rotatable bonds is 4. The Labute approximate surface area is 114 Å². The maximum Gasteiger partial charge on any atom is 0.248 e. The van der Waals surface area contributed by atoms with Crippen LogP contribution in [0, 0.1) is 0 Å². The highest BCUT2D eigenvalue weighted by Crippen LogP contribution is 2.22. The Bertz CT molecular complexity index is 531. The van der Waals surface area contributed by atoms with Crippen molar-refractivity contribution in [3.05, 3.63) is 6.20 Å². The van der Waals surface area contributed by atoms with E-state index in [0.29, 0.717) is 19.6 Å². The highest BCUT2D eigenvalue weighted by atomic mass is 32.2. The summed E-state index contributed by atoms with van der Waals surface area (Å²) in [6.07, 6.45) is 1.51. The van der Waals surface area contributed by atoms with Gasteiger partial charge in [0.05, 0.1) is 0 Å². The van der Waals surface area contributed by atoms with Crippen LogP contribution in [0.3, 0.4) is 0 Å². The van der Waals surface area contributed by atoms with E-state index < -0.39 is 10.0 Å². The quantitative estimate of drug-likeness (QED) is 0.830. The summed E-state index contributed by atoms with van der Waals surface area (Å²) in [6.45, 7) is 8.05. The second-order valence-corrected chi connectivity index (χ2v) is 6.48. The standard InChI is InChI=1S/C11H21N5O2S/c1-3-14-5-7-16(8-6-14)19(17,18)10-9-15(4-2)13-11(10)12/h9H,3-8H2,1-2H3,(H2,12,13). The maximum absolute atomic E-state index is 12.5. The molecule has 0 aliphatic carbocycles. The number of likely N-dealkylation sites (N-methyl/N-ethyl adjacent to an activating group) is 1. The van der Waals surface area contributed by atoms with Crippen LogP contribution < -0.4 is 5.73 Å². The van der Waals surface area contributed by atoms with Crippen LogP contribution in [0.25, 0.3) is 0 Å². The zero-order valence-electron chi connectivity index (χ0n) is 11.4. The largest absolute Gasteiger partial charge is 0.381 e. The molecule has 1 fully saturated rings. The van der Waals surface area contributed by atoms with Crippen molar-refractivity contribution >= 4 is 15.8 Å². The predicted octanol–water partition coefficient (Wildman–Crippen LogP) is -0.189. The molecule has 8 heteroatoms. The van der Waals surface area contributed by atoms with Crippen LogP contribution in [0.15, 0.2) is 11.1 Å². The maximum atomic E-state index is 12.5. The van der Waals surface area contributed by atoms with Gasteiger partial charge in [-0.05, 0) is 13.5 Å². The summed E-state index contributed by atoms with van der Waals surface area (Å²) in [5.74, 6) is 0.0831. The number of aryl methyl sites for hydroxylation is 1. The first-order valence-electron chi connectivity index (χ1n) is 6.54. The molecule has 108 valence electrons. The molecule has 1 aromatic rings. The van der Waals surface area contributed by atoms with Gasteiger partial charge in [0.1, 0.15) is 4.90 Å². The fraction of sp³-hybridized carbons (Fsp3) is 0.727. The number of hydrogen-bond donors (Lipinski definition) is 1. The van der Waals surface area contributed by atoms with E-state index >= 15 is 0 Å². The normalized spacial score (nSPS) is 18.8. The van der Waals surface area contributed by atoms with E-state index in [-0.39, 0.29) is 10.7 Å². The van der Waals surface area contributed by atoms with E-state index in [1.54, 1.807) is 4.68 Å². The van der Waals surface area contributed by atoms with Gasteiger partial charge >= 0.3 is 0 Å². The molecule has 0 aromatic carbocycles. The van der Waals surface area contributed by atoms with E-state index in [2.05, 4.69) is 16.9 Å². The van der Waals surface area contributed by atoms with Crippen LogP contribution >= 0.6 is 0 Å². The molecule has 2 N–H and O–H groups in total. The van der Waals surface area contributed by atoms with Crippen molar-refractivity contribution in [3.8, 4) is 0 Å². The third kappa shape index (κ3) is 2.75. The lowest BCUT2D eigenvalue weighted by Gasteiger charge is -2.32. The molecule has 0 saturated carbocycles. The fourth-order valence-corrected chi connectivity index (χ4v) is 3.69. The van der Waals surface area contributed by atoms with Gasteiger partial charge < -0.3 is 10.6 Å². The molecular weight excluding hydrogens is 266 g/mol. The highest BCUT2D eigenvalue weighted by molar-refractivity contribution is 7.89. The van der Waals surface area contributed by atoms with Gasteiger partial charge in [0.2, 0.25) is 10.0 Å². The van der Waals surface area contributed by atoms with Crippen LogP contribution in [0.4, 0.5) is 5.82 Å². The third-order valence-corrected chi connectivity index (χ3v) is 5.39. The first kappa shape index (κ1) is 14.3. The molecule has 2 heterocycles. The van der Waals surface area contributed by atoms with E-state index in [1.807, 2.05) is 6.92 Å². The Morgan fingerprint density at radius 3 is 2.32 bits per heavy atom. The number of hydrogen-bond acceptors (Lipinski definition) is 5. The van der Waals surface area contributed by atoms with Crippen molar-refractivity contribution in [1.29, 1.82) is 0 Å². The Balaban J connectivity index is 2.20. The molecule has 0 radical (unpaired) electrons. The summed E-state index contributed by atoms with van der Waals surface area (Å²) >= 11 is 0. The van der Waals surface area contributed by atoms with Crippen LogP contribution in [0.2, 0.25) is 0 Å². The minimum Gasteiger partial charge on any atom is -0.381 e. The average molecular weight is 287 g/mol. The fourth-order valence-electron chi connectivity index (χ4n) is 2.20. The lowest BCUT2D eigenvalue weighted by atomic mass is 10.4. The van der Waals surface area contributed by atoms with Crippen LogP contribution in [0.1, 0.15) is 13.8 Å². The van der Waals surface area contributed by atoms with Gasteiger partial charge in [0, 0.05) is 38.9 Å². The van der Waals surface area contributed by atoms with E-state index in [4.69, 9.17) is 5.73 Å². The number of nitrogens with zero attached hydrogens (tertiary/aromatic N) is 4. The van der Waals surface area contributed by atoms with Gasteiger partial charge in [0.15, 0.2) is 5.82 Å². The number of nitrogen functional groups attached to an aromatic ring is 1. The lowest BCUT2D eigenvalue weighted by Crippen LogP contribution is -2.48. The number of aromatic nitrogens is 2. The molecular formula is C11H21N5O2S. The molecule has 0 unspecified atom stereocenters. The van der Waals surface area contributed by atoms with Crippen molar-refractivity contribution in [2.24, 2.45) is 0 Å². The monoisotopic (exact) mass is 287 g/mol. The summed E-state index contributed by atoms with van der Waals surface area (Å²) in [5, 5.41) is 4.00. The van der Waals surface area contributed by atoms with Crippen molar-refractivity contribution in [3.63, 3.8) is 0 Å². The average Bonchev–Trinajstić information content (AvgIpc) is 2.81. The molecule has 0 bridgehead atoms. The highest BCUT2D eigenvalue weighted by Gasteiger charge is 2.31. The smallest absolute Gasteiger partial charge is 0.248 e. The van der Waals surface area contributed by atoms with Crippen LogP contribution in [-0.4, -0.2) is 60.1 Å². The summed E-state index contributed by atoms with van der Waals surface area (Å²) in [7, 11) is -3.52. The zero-order chi connectivity index (χ0) is 14.0. The number of nitrogens with two attached hydrogens (primary N) is 1. The van der Waals surface area contributed by atoms with Gasteiger partial charge in [0.25, 0.3) is 0 Å². The first-order valence-corrected chi connectivity index (χ1v) is 7.98. The van der Waals surface area contributed by atoms with E-state index in [1.165, 1.54) is 10.5 Å². The summed E-state index contributed by atoms with van der Waals surface area (Å²) in [5.41, 5.74) is 5.72. The van der Waals surface area contributed by atoms with Gasteiger partial charge in [-0.15, -0.1) is 0 Å². The minimum atomic E-state index is -3.52. The molecule has 1 aliphatic heterocycles. The molecule has 1 saturated heterocycles. The van der Waals surface area contributed by atoms with Crippen molar-refractivity contribution in [2.45, 2.75) is 25.3 Å². The van der Waals surface area contributed by atoms with Gasteiger partial charge in [-0.25, -0.2) is 8.42 Å². The number of anilines is 1. The molecule has 2 rings (SSSR count). The Morgan fingerprint density at radius 2 is 1.84 bits per heavy atom.